The van der Waals surface area contributed by atoms with Crippen LogP contribution in [0, 0.1) is 21.4 Å². The van der Waals surface area contributed by atoms with Crippen LogP contribution in [0.1, 0.15) is 11.3 Å². The van der Waals surface area contributed by atoms with E-state index in [-0.39, 0.29) is 12.1 Å². The molecule has 0 unspecified atom stereocenters. The van der Waals surface area contributed by atoms with Crippen molar-refractivity contribution in [3.05, 3.63) is 33.6 Å². The normalized spacial score (nSPS) is 10.9. The zero-order valence-corrected chi connectivity index (χ0v) is 7.65. The Labute approximate surface area is 87.3 Å². The second-order valence-electron chi connectivity index (χ2n) is 2.78. The first kappa shape index (κ1) is 11.9. The molecule has 1 aromatic rings. The van der Waals surface area contributed by atoms with Gasteiger partial charge in [0, 0.05) is 12.3 Å². The zero-order chi connectivity index (χ0) is 12.3. The van der Waals surface area contributed by atoms with Crippen molar-refractivity contribution in [3.8, 4) is 6.07 Å². The standard InChI is InChI=1S/C8H4F3N3O2/c9-8(10,11)6-4-13-5(1-2-12)3-7(6)14(15)16/h3-4H,1H2. The zero-order valence-electron chi connectivity index (χ0n) is 7.65. The highest BCUT2D eigenvalue weighted by molar-refractivity contribution is 5.42. The number of hydrogen-bond donors (Lipinski definition) is 0. The number of rotatable bonds is 2. The Hall–Kier alpha value is -2.17. The Bertz CT molecular complexity index is 465. The molecule has 0 aliphatic heterocycles. The van der Waals surface area contributed by atoms with Gasteiger partial charge in [0.2, 0.25) is 0 Å². The number of nitro groups is 1. The monoisotopic (exact) mass is 231 g/mol. The minimum Gasteiger partial charge on any atom is -0.259 e. The molecule has 1 rings (SSSR count). The van der Waals surface area contributed by atoms with Crippen LogP contribution in [0.25, 0.3) is 0 Å². The van der Waals surface area contributed by atoms with Crippen LogP contribution in [0.4, 0.5) is 18.9 Å². The van der Waals surface area contributed by atoms with E-state index in [1.165, 1.54) is 0 Å². The molecular weight excluding hydrogens is 227 g/mol. The van der Waals surface area contributed by atoms with E-state index in [0.29, 0.717) is 12.3 Å². The van der Waals surface area contributed by atoms with Crippen molar-refractivity contribution in [1.82, 2.24) is 4.98 Å². The fourth-order valence-electron chi connectivity index (χ4n) is 1.03. The van der Waals surface area contributed by atoms with Gasteiger partial charge < -0.3 is 0 Å². The highest BCUT2D eigenvalue weighted by Gasteiger charge is 2.38. The molecule has 0 fully saturated rings. The molecule has 0 bridgehead atoms. The summed E-state index contributed by atoms with van der Waals surface area (Å²) >= 11 is 0. The summed E-state index contributed by atoms with van der Waals surface area (Å²) in [7, 11) is 0. The van der Waals surface area contributed by atoms with E-state index < -0.39 is 22.4 Å². The predicted molar refractivity (Wildman–Crippen MR) is 45.2 cm³/mol. The molecule has 0 aromatic carbocycles. The van der Waals surface area contributed by atoms with Gasteiger partial charge in [0.1, 0.15) is 0 Å². The number of hydrogen-bond acceptors (Lipinski definition) is 4. The van der Waals surface area contributed by atoms with E-state index in [9.17, 15) is 23.3 Å². The number of pyridine rings is 1. The van der Waals surface area contributed by atoms with Gasteiger partial charge in [0.05, 0.1) is 23.1 Å². The van der Waals surface area contributed by atoms with E-state index in [4.69, 9.17) is 5.26 Å². The number of nitrogens with zero attached hydrogens (tertiary/aromatic N) is 3. The Balaban J connectivity index is 3.32. The third-order valence-electron chi connectivity index (χ3n) is 1.70. The minimum absolute atomic E-state index is 0.0674. The molecule has 16 heavy (non-hydrogen) atoms. The minimum atomic E-state index is -4.83. The molecule has 84 valence electrons. The van der Waals surface area contributed by atoms with Gasteiger partial charge in [-0.3, -0.25) is 15.1 Å². The molecule has 0 amide bonds. The Morgan fingerprint density at radius 3 is 2.62 bits per heavy atom. The van der Waals surface area contributed by atoms with Crippen LogP contribution in [-0.2, 0) is 12.6 Å². The summed E-state index contributed by atoms with van der Waals surface area (Å²) in [6.45, 7) is 0. The lowest BCUT2D eigenvalue weighted by molar-refractivity contribution is -0.388. The lowest BCUT2D eigenvalue weighted by atomic mass is 10.2. The summed E-state index contributed by atoms with van der Waals surface area (Å²) < 4.78 is 37.0. The molecule has 1 aromatic heterocycles. The molecule has 0 atom stereocenters. The Morgan fingerprint density at radius 1 is 1.56 bits per heavy atom. The van der Waals surface area contributed by atoms with Crippen molar-refractivity contribution in [3.63, 3.8) is 0 Å². The van der Waals surface area contributed by atoms with E-state index in [0.717, 1.165) is 0 Å². The summed E-state index contributed by atoms with van der Waals surface area (Å²) in [4.78, 5) is 12.6. The molecule has 8 heteroatoms. The van der Waals surface area contributed by atoms with Crippen molar-refractivity contribution >= 4 is 5.69 Å². The maximum Gasteiger partial charge on any atom is 0.424 e. The third-order valence-corrected chi connectivity index (χ3v) is 1.70. The number of nitriles is 1. The summed E-state index contributed by atoms with van der Waals surface area (Å²) in [5, 5.41) is 18.7. The van der Waals surface area contributed by atoms with Crippen LogP contribution in [0.3, 0.4) is 0 Å². The van der Waals surface area contributed by atoms with Gasteiger partial charge in [-0.1, -0.05) is 0 Å². The molecule has 0 aliphatic carbocycles. The smallest absolute Gasteiger partial charge is 0.259 e. The number of aromatic nitrogens is 1. The molecule has 0 saturated heterocycles. The third kappa shape index (κ3) is 2.44. The van der Waals surface area contributed by atoms with Crippen molar-refractivity contribution in [2.24, 2.45) is 0 Å². The van der Waals surface area contributed by atoms with Gasteiger partial charge in [0.15, 0.2) is 5.56 Å². The molecular formula is C8H4F3N3O2. The average molecular weight is 231 g/mol. The van der Waals surface area contributed by atoms with Gasteiger partial charge in [-0.05, 0) is 0 Å². The second-order valence-corrected chi connectivity index (χ2v) is 2.78. The Kier molecular flexibility index (Phi) is 3.08. The highest BCUT2D eigenvalue weighted by atomic mass is 19.4. The van der Waals surface area contributed by atoms with Crippen LogP contribution < -0.4 is 0 Å². The van der Waals surface area contributed by atoms with E-state index in [1.54, 1.807) is 6.07 Å². The van der Waals surface area contributed by atoms with Crippen molar-refractivity contribution < 1.29 is 18.1 Å². The molecule has 0 spiro atoms. The fraction of sp³-hybridized carbons (Fsp3) is 0.250. The Morgan fingerprint density at radius 2 is 2.19 bits per heavy atom. The first-order valence-corrected chi connectivity index (χ1v) is 3.93. The molecule has 5 nitrogen and oxygen atoms in total. The van der Waals surface area contributed by atoms with Crippen LogP contribution in [0.5, 0.6) is 0 Å². The average Bonchev–Trinajstić information content (AvgIpc) is 2.16. The summed E-state index contributed by atoms with van der Waals surface area (Å²) in [5.74, 6) is 0. The summed E-state index contributed by atoms with van der Waals surface area (Å²) in [6, 6.07) is 2.30. The largest absolute Gasteiger partial charge is 0.424 e. The SMILES string of the molecule is N#CCc1cc([N+](=O)[O-])c(C(F)(F)F)cn1. The van der Waals surface area contributed by atoms with Gasteiger partial charge >= 0.3 is 6.18 Å². The molecule has 1 heterocycles. The maximum atomic E-state index is 12.3. The van der Waals surface area contributed by atoms with Gasteiger partial charge in [-0.15, -0.1) is 0 Å². The topological polar surface area (TPSA) is 79.8 Å². The van der Waals surface area contributed by atoms with E-state index >= 15 is 0 Å². The number of alkyl halides is 3. The molecule has 0 saturated carbocycles. The van der Waals surface area contributed by atoms with Gasteiger partial charge in [0.25, 0.3) is 5.69 Å². The highest BCUT2D eigenvalue weighted by Crippen LogP contribution is 2.35. The van der Waals surface area contributed by atoms with E-state index in [2.05, 4.69) is 4.98 Å². The van der Waals surface area contributed by atoms with Crippen LogP contribution >= 0.6 is 0 Å². The van der Waals surface area contributed by atoms with Gasteiger partial charge in [-0.25, -0.2) is 0 Å². The number of halogens is 3. The first-order valence-electron chi connectivity index (χ1n) is 3.93. The summed E-state index contributed by atoms with van der Waals surface area (Å²) in [5.41, 5.74) is -2.57. The quantitative estimate of drug-likeness (QED) is 0.576. The fourth-order valence-corrected chi connectivity index (χ4v) is 1.03. The lowest BCUT2D eigenvalue weighted by Crippen LogP contribution is -2.10. The molecule has 0 aliphatic rings. The van der Waals surface area contributed by atoms with Gasteiger partial charge in [-0.2, -0.15) is 18.4 Å². The molecule has 0 N–H and O–H groups in total. The summed E-state index contributed by atoms with van der Waals surface area (Å²) in [6.07, 6.45) is -4.75. The van der Waals surface area contributed by atoms with Crippen molar-refractivity contribution in [2.75, 3.05) is 0 Å². The van der Waals surface area contributed by atoms with Crippen molar-refractivity contribution in [2.45, 2.75) is 12.6 Å². The van der Waals surface area contributed by atoms with E-state index in [1.807, 2.05) is 0 Å². The van der Waals surface area contributed by atoms with Crippen LogP contribution in [0.15, 0.2) is 12.3 Å². The predicted octanol–water partition coefficient (Wildman–Crippen LogP) is 2.07. The second kappa shape index (κ2) is 4.14. The molecule has 0 radical (unpaired) electrons. The van der Waals surface area contributed by atoms with Crippen LogP contribution in [0.2, 0.25) is 0 Å². The lowest BCUT2D eigenvalue weighted by Gasteiger charge is -2.06. The van der Waals surface area contributed by atoms with Crippen LogP contribution in [-0.4, -0.2) is 9.91 Å². The first-order chi connectivity index (χ1) is 7.36. The van der Waals surface area contributed by atoms with Crippen molar-refractivity contribution in [1.29, 1.82) is 5.26 Å². The maximum absolute atomic E-state index is 12.3.